The van der Waals surface area contributed by atoms with Crippen LogP contribution in [-0.4, -0.2) is 23.1 Å². The number of carbonyl (C=O) groups excluding carboxylic acids is 1. The maximum absolute atomic E-state index is 10.6. The van der Waals surface area contributed by atoms with Gasteiger partial charge in [0, 0.05) is 6.42 Å². The smallest absolute Gasteiger partial charge is 0.309 e. The molecule has 1 aliphatic heterocycles. The maximum Gasteiger partial charge on any atom is 0.309 e. The first-order valence-electron chi connectivity index (χ1n) is 3.53. The average Bonchev–Trinajstić information content (AvgIpc) is 2.34. The molecule has 1 rings (SSSR count). The van der Waals surface area contributed by atoms with Crippen molar-refractivity contribution in [2.45, 2.75) is 25.9 Å². The molecule has 1 saturated heterocycles. The summed E-state index contributed by atoms with van der Waals surface area (Å²) in [5.74, 6) is -1.78. The van der Waals surface area contributed by atoms with E-state index in [1.54, 1.807) is 6.92 Å². The van der Waals surface area contributed by atoms with E-state index in [0.29, 0.717) is 12.8 Å². The zero-order valence-corrected chi connectivity index (χ0v) is 6.24. The van der Waals surface area contributed by atoms with E-state index in [9.17, 15) is 9.59 Å². The van der Waals surface area contributed by atoms with Crippen LogP contribution in [0.2, 0.25) is 0 Å². The van der Waals surface area contributed by atoms with Gasteiger partial charge in [0.2, 0.25) is 0 Å². The molecule has 0 aromatic carbocycles. The first-order chi connectivity index (χ1) is 5.11. The summed E-state index contributed by atoms with van der Waals surface area (Å²) >= 11 is 0. The Balaban J connectivity index is 2.49. The van der Waals surface area contributed by atoms with Gasteiger partial charge in [-0.3, -0.25) is 9.59 Å². The van der Waals surface area contributed by atoms with Crippen LogP contribution in [-0.2, 0) is 14.3 Å². The van der Waals surface area contributed by atoms with Gasteiger partial charge in [0.05, 0.1) is 5.92 Å². The largest absolute Gasteiger partial charge is 0.481 e. The molecule has 2 atom stereocenters. The van der Waals surface area contributed by atoms with E-state index < -0.39 is 18.0 Å². The Morgan fingerprint density at radius 3 is 2.82 bits per heavy atom. The SMILES string of the molecule is CC(C(=O)O)C1CCC(=O)O1. The van der Waals surface area contributed by atoms with E-state index in [2.05, 4.69) is 0 Å². The summed E-state index contributed by atoms with van der Waals surface area (Å²) in [5.41, 5.74) is 0. The zero-order valence-electron chi connectivity index (χ0n) is 6.24. The number of carbonyl (C=O) groups is 2. The third kappa shape index (κ3) is 1.69. The van der Waals surface area contributed by atoms with E-state index in [4.69, 9.17) is 9.84 Å². The Hall–Kier alpha value is -1.06. The van der Waals surface area contributed by atoms with Crippen LogP contribution in [0.4, 0.5) is 0 Å². The van der Waals surface area contributed by atoms with Crippen LogP contribution in [0.15, 0.2) is 0 Å². The number of aliphatic carboxylic acids is 1. The minimum atomic E-state index is -0.912. The summed E-state index contributed by atoms with van der Waals surface area (Å²) in [6.45, 7) is 1.55. The summed E-state index contributed by atoms with van der Waals surface area (Å²) in [6.07, 6.45) is 0.467. The summed E-state index contributed by atoms with van der Waals surface area (Å²) in [7, 11) is 0. The molecule has 0 radical (unpaired) electrons. The molecule has 0 aliphatic carbocycles. The van der Waals surface area contributed by atoms with Crippen LogP contribution in [0.3, 0.4) is 0 Å². The molecule has 1 fully saturated rings. The highest BCUT2D eigenvalue weighted by molar-refractivity contribution is 5.75. The highest BCUT2D eigenvalue weighted by atomic mass is 16.6. The number of hydrogen-bond acceptors (Lipinski definition) is 3. The van der Waals surface area contributed by atoms with E-state index in [0.717, 1.165) is 0 Å². The summed E-state index contributed by atoms with van der Waals surface area (Å²) < 4.78 is 4.76. The Labute approximate surface area is 64.2 Å². The lowest BCUT2D eigenvalue weighted by atomic mass is 10.0. The van der Waals surface area contributed by atoms with Crippen LogP contribution in [0, 0.1) is 5.92 Å². The number of esters is 1. The van der Waals surface area contributed by atoms with Gasteiger partial charge in [-0.25, -0.2) is 0 Å². The zero-order chi connectivity index (χ0) is 8.43. The molecular formula is C7H10O4. The van der Waals surface area contributed by atoms with Crippen LogP contribution in [0.25, 0.3) is 0 Å². The number of carboxylic acid groups (broad SMARTS) is 1. The Morgan fingerprint density at radius 1 is 1.82 bits per heavy atom. The molecule has 0 aromatic heterocycles. The van der Waals surface area contributed by atoms with Crippen molar-refractivity contribution >= 4 is 11.9 Å². The fraction of sp³-hybridized carbons (Fsp3) is 0.714. The van der Waals surface area contributed by atoms with Crippen molar-refractivity contribution in [3.8, 4) is 0 Å². The standard InChI is InChI=1S/C7H10O4/c1-4(7(9)10)5-2-3-6(8)11-5/h4-5H,2-3H2,1H3,(H,9,10). The third-order valence-corrected chi connectivity index (χ3v) is 1.86. The quantitative estimate of drug-likeness (QED) is 0.591. The van der Waals surface area contributed by atoms with Crippen molar-refractivity contribution in [1.82, 2.24) is 0 Å². The van der Waals surface area contributed by atoms with E-state index in [1.165, 1.54) is 0 Å². The second-order valence-corrected chi connectivity index (χ2v) is 2.69. The Morgan fingerprint density at radius 2 is 2.45 bits per heavy atom. The van der Waals surface area contributed by atoms with Crippen molar-refractivity contribution in [3.63, 3.8) is 0 Å². The maximum atomic E-state index is 10.6. The normalized spacial score (nSPS) is 26.3. The predicted molar refractivity (Wildman–Crippen MR) is 35.9 cm³/mol. The van der Waals surface area contributed by atoms with Crippen LogP contribution in [0.1, 0.15) is 19.8 Å². The van der Waals surface area contributed by atoms with Crippen LogP contribution in [0.5, 0.6) is 0 Å². The molecule has 0 saturated carbocycles. The van der Waals surface area contributed by atoms with Crippen LogP contribution >= 0.6 is 0 Å². The van der Waals surface area contributed by atoms with Crippen molar-refractivity contribution < 1.29 is 19.4 Å². The molecule has 1 N–H and O–H groups in total. The van der Waals surface area contributed by atoms with E-state index in [-0.39, 0.29) is 5.97 Å². The van der Waals surface area contributed by atoms with Gasteiger partial charge in [0.1, 0.15) is 6.10 Å². The van der Waals surface area contributed by atoms with Gasteiger partial charge in [-0.2, -0.15) is 0 Å². The topological polar surface area (TPSA) is 63.6 Å². The number of ether oxygens (including phenoxy) is 1. The molecule has 11 heavy (non-hydrogen) atoms. The van der Waals surface area contributed by atoms with Gasteiger partial charge in [-0.05, 0) is 13.3 Å². The van der Waals surface area contributed by atoms with Crippen LogP contribution < -0.4 is 0 Å². The van der Waals surface area contributed by atoms with Gasteiger partial charge in [-0.1, -0.05) is 0 Å². The van der Waals surface area contributed by atoms with Gasteiger partial charge >= 0.3 is 11.9 Å². The molecule has 0 bridgehead atoms. The van der Waals surface area contributed by atoms with E-state index >= 15 is 0 Å². The Bertz CT molecular complexity index is 187. The molecule has 62 valence electrons. The first kappa shape index (κ1) is 8.04. The minimum absolute atomic E-state index is 0.289. The molecule has 1 aliphatic rings. The molecule has 0 amide bonds. The fourth-order valence-electron chi connectivity index (χ4n) is 1.06. The molecule has 1 heterocycles. The Kier molecular flexibility index (Phi) is 2.12. The van der Waals surface area contributed by atoms with Gasteiger partial charge in [0.25, 0.3) is 0 Å². The highest BCUT2D eigenvalue weighted by Gasteiger charge is 2.32. The second-order valence-electron chi connectivity index (χ2n) is 2.69. The summed E-state index contributed by atoms with van der Waals surface area (Å²) in [6, 6.07) is 0. The summed E-state index contributed by atoms with van der Waals surface area (Å²) in [4.78, 5) is 21.0. The van der Waals surface area contributed by atoms with Gasteiger partial charge in [0.15, 0.2) is 0 Å². The number of hydrogen-bond donors (Lipinski definition) is 1. The lowest BCUT2D eigenvalue weighted by molar-refractivity contribution is -0.150. The van der Waals surface area contributed by atoms with Gasteiger partial charge in [-0.15, -0.1) is 0 Å². The molecule has 4 nitrogen and oxygen atoms in total. The molecule has 2 unspecified atom stereocenters. The number of carboxylic acids is 1. The summed E-state index contributed by atoms with van der Waals surface area (Å²) in [5, 5.41) is 8.54. The average molecular weight is 158 g/mol. The fourth-order valence-corrected chi connectivity index (χ4v) is 1.06. The molecule has 0 aromatic rings. The number of rotatable bonds is 2. The third-order valence-electron chi connectivity index (χ3n) is 1.86. The monoisotopic (exact) mass is 158 g/mol. The highest BCUT2D eigenvalue weighted by Crippen LogP contribution is 2.20. The van der Waals surface area contributed by atoms with Gasteiger partial charge < -0.3 is 9.84 Å². The first-order valence-corrected chi connectivity index (χ1v) is 3.53. The lowest BCUT2D eigenvalue weighted by Crippen LogP contribution is -2.24. The van der Waals surface area contributed by atoms with Crippen molar-refractivity contribution in [3.05, 3.63) is 0 Å². The minimum Gasteiger partial charge on any atom is -0.481 e. The molecular weight excluding hydrogens is 148 g/mol. The van der Waals surface area contributed by atoms with Crippen molar-refractivity contribution in [2.75, 3.05) is 0 Å². The lowest BCUT2D eigenvalue weighted by Gasteiger charge is -2.12. The van der Waals surface area contributed by atoms with E-state index in [1.807, 2.05) is 0 Å². The number of cyclic esters (lactones) is 1. The second kappa shape index (κ2) is 2.90. The molecule has 4 heteroatoms. The molecule has 0 spiro atoms. The predicted octanol–water partition coefficient (Wildman–Crippen LogP) is 0.413. The van der Waals surface area contributed by atoms with Crippen molar-refractivity contribution in [1.29, 1.82) is 0 Å². The van der Waals surface area contributed by atoms with Crippen molar-refractivity contribution in [2.24, 2.45) is 5.92 Å².